The maximum Gasteiger partial charge on any atom is 0.162 e. The van der Waals surface area contributed by atoms with Gasteiger partial charge in [-0.05, 0) is 56.6 Å². The first-order valence-corrected chi connectivity index (χ1v) is 24.1. The molecule has 4 aromatic carbocycles. The first kappa shape index (κ1) is 40.8. The van der Waals surface area contributed by atoms with Gasteiger partial charge in [-0.15, -0.1) is 29.1 Å². The average Bonchev–Trinajstić information content (AvgIpc) is 3.71. The van der Waals surface area contributed by atoms with Crippen molar-refractivity contribution in [2.45, 2.75) is 111 Å². The van der Waals surface area contributed by atoms with E-state index < -0.39 is 8.07 Å². The molecule has 0 amide bonds. The van der Waals surface area contributed by atoms with E-state index in [4.69, 9.17) is 4.98 Å². The fourth-order valence-electron chi connectivity index (χ4n) is 9.18. The van der Waals surface area contributed by atoms with Crippen LogP contribution in [-0.2, 0) is 24.9 Å². The van der Waals surface area contributed by atoms with Crippen LogP contribution in [0.3, 0.4) is 0 Å². The minimum absolute atomic E-state index is 0. The zero-order valence-corrected chi connectivity index (χ0v) is 37.2. The van der Waals surface area contributed by atoms with Crippen molar-refractivity contribution < 1.29 is 30.0 Å². The molecular weight excluding hydrogens is 869 g/mol. The number of para-hydroxylation sites is 1. The zero-order valence-electron chi connectivity index (χ0n) is 33.8. The summed E-state index contributed by atoms with van der Waals surface area (Å²) in [5, 5.41) is 19.3. The maximum atomic E-state index is 11.7. The Morgan fingerprint density at radius 1 is 0.818 bits per heavy atom. The molecule has 1 N–H and O–H groups in total. The first-order chi connectivity index (χ1) is 26.1. The number of aliphatic hydroxyl groups excluding tert-OH is 1. The topological polar surface area (TPSA) is 54.6 Å². The number of carbonyl (C=O) groups excluding carboxylic acids is 1. The molecule has 1 fully saturated rings. The number of pyridine rings is 1. The molecule has 0 spiro atoms. The van der Waals surface area contributed by atoms with E-state index >= 15 is 0 Å². The van der Waals surface area contributed by atoms with Gasteiger partial charge in [0.1, 0.15) is 0 Å². The van der Waals surface area contributed by atoms with E-state index in [1.54, 1.807) is 0 Å². The minimum atomic E-state index is -1.57. The van der Waals surface area contributed by atoms with Crippen LogP contribution >= 0.6 is 0 Å². The van der Waals surface area contributed by atoms with Crippen molar-refractivity contribution in [2.24, 2.45) is 11.8 Å². The Morgan fingerprint density at radius 3 is 2.13 bits per heavy atom. The largest absolute Gasteiger partial charge is 0.512 e. The molecule has 1 aliphatic carbocycles. The van der Waals surface area contributed by atoms with Crippen molar-refractivity contribution in [2.75, 3.05) is 0 Å². The molecule has 3 aromatic heterocycles. The number of benzene rings is 4. The number of rotatable bonds is 10. The minimum Gasteiger partial charge on any atom is -0.512 e. The molecular formula is C49H57IrN2O2Si-. The third-order valence-electron chi connectivity index (χ3n) is 12.3. The van der Waals surface area contributed by atoms with Crippen LogP contribution in [0.15, 0.2) is 90.8 Å². The average molecular weight is 926 g/mol. The molecule has 55 heavy (non-hydrogen) atoms. The van der Waals surface area contributed by atoms with E-state index in [-0.39, 0.29) is 43.5 Å². The second kappa shape index (κ2) is 17.1. The van der Waals surface area contributed by atoms with E-state index in [9.17, 15) is 9.90 Å². The fraction of sp³-hybridized carbons (Fsp3) is 0.388. The number of nitrogens with zero attached hydrogens (tertiary/aromatic N) is 2. The van der Waals surface area contributed by atoms with Gasteiger partial charge in [0.2, 0.25) is 0 Å². The monoisotopic (exact) mass is 926 g/mol. The second-order valence-electron chi connectivity index (χ2n) is 16.6. The summed E-state index contributed by atoms with van der Waals surface area (Å²) in [6, 6.07) is 31.1. The molecule has 0 bridgehead atoms. The van der Waals surface area contributed by atoms with Crippen LogP contribution in [0.5, 0.6) is 0 Å². The van der Waals surface area contributed by atoms with Gasteiger partial charge in [-0.1, -0.05) is 131 Å². The predicted octanol–water partition coefficient (Wildman–Crippen LogP) is 13.3. The van der Waals surface area contributed by atoms with Gasteiger partial charge in [0.25, 0.3) is 0 Å². The van der Waals surface area contributed by atoms with E-state index in [2.05, 4.69) is 103 Å². The Hall–Kier alpha value is -3.83. The third-order valence-corrected chi connectivity index (χ3v) is 14.3. The van der Waals surface area contributed by atoms with Gasteiger partial charge in [-0.3, -0.25) is 9.78 Å². The second-order valence-corrected chi connectivity index (χ2v) is 21.6. The van der Waals surface area contributed by atoms with Crippen LogP contribution in [0.2, 0.25) is 19.6 Å². The Bertz CT molecular complexity index is 2460. The summed E-state index contributed by atoms with van der Waals surface area (Å²) in [6.07, 6.45) is 13.5. The summed E-state index contributed by atoms with van der Waals surface area (Å²) in [4.78, 5) is 16.8. The van der Waals surface area contributed by atoms with Crippen molar-refractivity contribution in [3.8, 4) is 11.3 Å². The number of fused-ring (bicyclic) bond motifs is 7. The van der Waals surface area contributed by atoms with Crippen molar-refractivity contribution in [1.29, 1.82) is 0 Å². The fourth-order valence-corrected chi connectivity index (χ4v) is 10.8. The van der Waals surface area contributed by atoms with E-state index in [1.807, 2.05) is 33.9 Å². The summed E-state index contributed by atoms with van der Waals surface area (Å²) in [5.41, 5.74) is 7.50. The van der Waals surface area contributed by atoms with Crippen molar-refractivity contribution in [3.05, 3.63) is 102 Å². The van der Waals surface area contributed by atoms with Gasteiger partial charge >= 0.3 is 0 Å². The van der Waals surface area contributed by atoms with Crippen LogP contribution in [0.4, 0.5) is 0 Å². The molecule has 0 aliphatic heterocycles. The number of aromatic nitrogens is 2. The number of allylic oxidation sites excluding steroid dienone is 2. The Labute approximate surface area is 342 Å². The summed E-state index contributed by atoms with van der Waals surface area (Å²) in [7, 11) is -1.57. The standard InChI is InChI=1S/C36H33N2Si.C13H24O2.Ir/c1-39(2,3)32-18-17-27-28-19-20-37-34(36(28)38-31-16-10-9-15-29(31)33(32)35(27)38)25-21-24-13-7-8-14-26(24)30(22-25)23-11-5-4-6-12-23;1-5-10(6-2)12(14)9-13(15)11(7-3)8-4;/h7-10,13-20,22-23H,4-6,11-12H2,1-3H3;9-11,14H,5-8H2,1-4H3;/q-1;;/b;12-9-;. The smallest absolute Gasteiger partial charge is 0.162 e. The van der Waals surface area contributed by atoms with Crippen LogP contribution < -0.4 is 5.19 Å². The van der Waals surface area contributed by atoms with Crippen molar-refractivity contribution in [1.82, 2.24) is 9.38 Å². The summed E-state index contributed by atoms with van der Waals surface area (Å²) in [6.45, 7) is 15.5. The first-order valence-electron chi connectivity index (χ1n) is 20.6. The van der Waals surface area contributed by atoms with Crippen LogP contribution in [0.25, 0.3) is 60.1 Å². The van der Waals surface area contributed by atoms with Gasteiger partial charge in [0.15, 0.2) is 5.78 Å². The van der Waals surface area contributed by atoms with Gasteiger partial charge in [0, 0.05) is 77.0 Å². The number of hydrogen-bond donors (Lipinski definition) is 1. The molecule has 7 aromatic rings. The molecule has 4 nitrogen and oxygen atoms in total. The van der Waals surface area contributed by atoms with Gasteiger partial charge in [-0.2, -0.15) is 0 Å². The Morgan fingerprint density at radius 2 is 1.45 bits per heavy atom. The van der Waals surface area contributed by atoms with Crippen LogP contribution in [0.1, 0.15) is 97.0 Å². The normalized spacial score (nSPS) is 14.4. The van der Waals surface area contributed by atoms with Crippen molar-refractivity contribution in [3.63, 3.8) is 0 Å². The molecule has 6 heteroatoms. The number of ketones is 1. The zero-order chi connectivity index (χ0) is 38.1. The molecule has 1 saturated carbocycles. The molecule has 289 valence electrons. The van der Waals surface area contributed by atoms with E-state index in [0.717, 1.165) is 36.9 Å². The molecule has 0 unspecified atom stereocenters. The number of aliphatic hydroxyl groups is 1. The molecule has 0 atom stereocenters. The Balaban J connectivity index is 0.000000276. The number of carbonyl (C=O) groups is 1. The summed E-state index contributed by atoms with van der Waals surface area (Å²) in [5.74, 6) is 1.16. The maximum absolute atomic E-state index is 11.7. The molecule has 3 heterocycles. The molecule has 8 rings (SSSR count). The molecule has 1 radical (unpaired) electrons. The van der Waals surface area contributed by atoms with Crippen LogP contribution in [-0.4, -0.2) is 28.3 Å². The van der Waals surface area contributed by atoms with E-state index in [0.29, 0.717) is 5.92 Å². The van der Waals surface area contributed by atoms with Gasteiger partial charge < -0.3 is 9.51 Å². The molecule has 1 aliphatic rings. The number of hydrogen-bond acceptors (Lipinski definition) is 3. The SMILES string of the molecule is CCC(CC)C(=O)/C=C(\O)C(CC)CC.C[Si](C)(C)c1ccc2c3ccnc(-c4[c-]c5ccccc5c(C5CCCCC5)c4)c3n3c4ccccc4c1c23.[Ir]. The van der Waals surface area contributed by atoms with Gasteiger partial charge in [-0.25, -0.2) is 0 Å². The van der Waals surface area contributed by atoms with E-state index in [1.165, 1.54) is 97.8 Å². The quantitative estimate of drug-likeness (QED) is 0.0643. The Kier molecular flexibility index (Phi) is 12.7. The predicted molar refractivity (Wildman–Crippen MR) is 233 cm³/mol. The van der Waals surface area contributed by atoms with Gasteiger partial charge in [0.05, 0.1) is 24.9 Å². The molecule has 0 saturated heterocycles. The summed E-state index contributed by atoms with van der Waals surface area (Å²) < 4.78 is 2.52. The summed E-state index contributed by atoms with van der Waals surface area (Å²) >= 11 is 0. The van der Waals surface area contributed by atoms with Crippen molar-refractivity contribution >= 4 is 67.9 Å². The third kappa shape index (κ3) is 7.67. The van der Waals surface area contributed by atoms with Crippen LogP contribution in [0, 0.1) is 17.9 Å².